The highest BCUT2D eigenvalue weighted by molar-refractivity contribution is 6.28. The first-order valence-electron chi connectivity index (χ1n) is 9.24. The van der Waals surface area contributed by atoms with E-state index in [1.165, 1.54) is 0 Å². The molecule has 0 radical (unpaired) electrons. The standard InChI is InChI=1S/C17H20ClN5O6/c1-3-26-15(24)12(16(25)27-4-2)29-11-7-5-8(28-10(7)11)23-6-20-9-13(19)21-17(18)22-14(9)23/h6-8,10-12H,3-5H2,1-2H3,(H2,19,21,22)/t7?,8-,10+,11?/m1/s1. The van der Waals surface area contributed by atoms with Crippen molar-refractivity contribution in [3.8, 4) is 0 Å². The van der Waals surface area contributed by atoms with E-state index in [0.717, 1.165) is 0 Å². The van der Waals surface area contributed by atoms with Crippen molar-refractivity contribution in [1.82, 2.24) is 19.5 Å². The summed E-state index contributed by atoms with van der Waals surface area (Å²) in [7, 11) is 0. The lowest BCUT2D eigenvalue weighted by atomic mass is 10.2. The number of hydrogen-bond donors (Lipinski definition) is 1. The molecular weight excluding hydrogens is 406 g/mol. The monoisotopic (exact) mass is 425 g/mol. The molecule has 0 spiro atoms. The molecule has 12 heteroatoms. The molecule has 2 N–H and O–H groups in total. The molecule has 1 saturated heterocycles. The van der Waals surface area contributed by atoms with Gasteiger partial charge in [0.05, 0.1) is 31.7 Å². The zero-order valence-corrected chi connectivity index (χ0v) is 16.5. The third-order valence-electron chi connectivity index (χ3n) is 4.84. The Morgan fingerprint density at radius 2 is 2.00 bits per heavy atom. The van der Waals surface area contributed by atoms with Crippen molar-refractivity contribution < 1.29 is 28.5 Å². The number of anilines is 1. The summed E-state index contributed by atoms with van der Waals surface area (Å²) in [6.45, 7) is 3.57. The van der Waals surface area contributed by atoms with Gasteiger partial charge in [0.1, 0.15) is 11.7 Å². The van der Waals surface area contributed by atoms with Gasteiger partial charge in [0, 0.05) is 12.3 Å². The van der Waals surface area contributed by atoms with Crippen LogP contribution in [0.2, 0.25) is 5.28 Å². The Labute approximate surface area is 170 Å². The Balaban J connectivity index is 1.43. The minimum absolute atomic E-state index is 0.0125. The van der Waals surface area contributed by atoms with Crippen LogP contribution in [0, 0.1) is 5.92 Å². The fourth-order valence-electron chi connectivity index (χ4n) is 3.51. The van der Waals surface area contributed by atoms with Gasteiger partial charge in [-0.15, -0.1) is 0 Å². The number of imidazole rings is 1. The SMILES string of the molecule is CCOC(=O)C(OC1C2C[C@H](n3cnc4c(N)nc(Cl)nc43)O[C@@H]21)C(=O)OCC. The van der Waals surface area contributed by atoms with Crippen molar-refractivity contribution in [2.24, 2.45) is 5.92 Å². The van der Waals surface area contributed by atoms with Crippen LogP contribution in [0.3, 0.4) is 0 Å². The number of halogens is 1. The summed E-state index contributed by atoms with van der Waals surface area (Å²) in [4.78, 5) is 36.4. The Kier molecular flexibility index (Phi) is 5.28. The first-order chi connectivity index (χ1) is 13.9. The molecule has 0 aromatic carbocycles. The first-order valence-corrected chi connectivity index (χ1v) is 9.62. The number of nitrogen functional groups attached to an aromatic ring is 1. The third-order valence-corrected chi connectivity index (χ3v) is 5.01. The number of aromatic nitrogens is 4. The van der Waals surface area contributed by atoms with Crippen molar-refractivity contribution in [3.05, 3.63) is 11.6 Å². The molecule has 4 rings (SSSR count). The Morgan fingerprint density at radius 1 is 1.31 bits per heavy atom. The smallest absolute Gasteiger partial charge is 0.347 e. The molecule has 11 nitrogen and oxygen atoms in total. The van der Waals surface area contributed by atoms with E-state index in [4.69, 9.17) is 36.3 Å². The number of fused-ring (bicyclic) bond motifs is 2. The van der Waals surface area contributed by atoms with Gasteiger partial charge in [0.15, 0.2) is 11.5 Å². The molecule has 2 aliphatic rings. The van der Waals surface area contributed by atoms with E-state index in [1.807, 2.05) is 0 Å². The highest BCUT2D eigenvalue weighted by Crippen LogP contribution is 2.52. The fraction of sp³-hybridized carbons (Fsp3) is 0.588. The van der Waals surface area contributed by atoms with Crippen LogP contribution in [0.5, 0.6) is 0 Å². The topological polar surface area (TPSA) is 141 Å². The lowest BCUT2D eigenvalue weighted by Crippen LogP contribution is -2.38. The van der Waals surface area contributed by atoms with Gasteiger partial charge in [-0.3, -0.25) is 4.57 Å². The number of nitrogens with zero attached hydrogens (tertiary/aromatic N) is 4. The minimum atomic E-state index is -1.42. The van der Waals surface area contributed by atoms with Crippen molar-refractivity contribution in [1.29, 1.82) is 0 Å². The number of ether oxygens (including phenoxy) is 4. The van der Waals surface area contributed by atoms with Crippen LogP contribution in [0.15, 0.2) is 6.33 Å². The molecule has 2 aromatic heterocycles. The number of nitrogens with two attached hydrogens (primary N) is 1. The molecule has 29 heavy (non-hydrogen) atoms. The Hall–Kier alpha value is -2.50. The van der Waals surface area contributed by atoms with Crippen LogP contribution in [0.4, 0.5) is 5.82 Å². The molecule has 1 aliphatic carbocycles. The molecule has 4 atom stereocenters. The molecule has 2 unspecified atom stereocenters. The summed E-state index contributed by atoms with van der Waals surface area (Å²) < 4.78 is 23.3. The van der Waals surface area contributed by atoms with Crippen LogP contribution in [0.25, 0.3) is 11.2 Å². The fourth-order valence-corrected chi connectivity index (χ4v) is 3.68. The Morgan fingerprint density at radius 3 is 2.59 bits per heavy atom. The lowest BCUT2D eigenvalue weighted by molar-refractivity contribution is -0.176. The molecule has 156 valence electrons. The van der Waals surface area contributed by atoms with Gasteiger partial charge in [0.25, 0.3) is 6.10 Å². The highest BCUT2D eigenvalue weighted by Gasteiger charge is 2.61. The van der Waals surface area contributed by atoms with E-state index in [-0.39, 0.29) is 42.6 Å². The van der Waals surface area contributed by atoms with E-state index in [2.05, 4.69) is 15.0 Å². The van der Waals surface area contributed by atoms with Crippen LogP contribution in [-0.4, -0.2) is 63.0 Å². The van der Waals surface area contributed by atoms with E-state index in [9.17, 15) is 9.59 Å². The predicted molar refractivity (Wildman–Crippen MR) is 98.7 cm³/mol. The van der Waals surface area contributed by atoms with E-state index >= 15 is 0 Å². The molecular formula is C17H20ClN5O6. The molecule has 3 heterocycles. The largest absolute Gasteiger partial charge is 0.464 e. The second-order valence-corrected chi connectivity index (χ2v) is 6.98. The van der Waals surface area contributed by atoms with Gasteiger partial charge in [-0.1, -0.05) is 0 Å². The van der Waals surface area contributed by atoms with Crippen LogP contribution < -0.4 is 5.73 Å². The molecule has 2 aromatic rings. The highest BCUT2D eigenvalue weighted by atomic mass is 35.5. The number of rotatable bonds is 7. The molecule has 2 fully saturated rings. The summed E-state index contributed by atoms with van der Waals surface area (Å²) in [5.74, 6) is -1.34. The average Bonchev–Trinajstić information content (AvgIpc) is 3.01. The van der Waals surface area contributed by atoms with Gasteiger partial charge in [0.2, 0.25) is 5.28 Å². The van der Waals surface area contributed by atoms with Crippen molar-refractivity contribution in [2.45, 2.75) is 44.8 Å². The second kappa shape index (κ2) is 7.73. The maximum Gasteiger partial charge on any atom is 0.347 e. The van der Waals surface area contributed by atoms with Gasteiger partial charge < -0.3 is 24.7 Å². The summed E-state index contributed by atoms with van der Waals surface area (Å²) in [5.41, 5.74) is 6.74. The number of carbonyl (C=O) groups is 2. The molecule has 1 saturated carbocycles. The maximum atomic E-state index is 12.1. The summed E-state index contributed by atoms with van der Waals surface area (Å²) in [5, 5.41) is 0.0211. The van der Waals surface area contributed by atoms with Crippen LogP contribution >= 0.6 is 11.6 Å². The van der Waals surface area contributed by atoms with E-state index < -0.39 is 24.1 Å². The van der Waals surface area contributed by atoms with Gasteiger partial charge in [-0.2, -0.15) is 9.97 Å². The van der Waals surface area contributed by atoms with Gasteiger partial charge in [-0.05, 0) is 25.4 Å². The van der Waals surface area contributed by atoms with Crippen molar-refractivity contribution >= 4 is 40.5 Å². The Bertz CT molecular complexity index is 922. The van der Waals surface area contributed by atoms with Crippen LogP contribution in [0.1, 0.15) is 26.5 Å². The summed E-state index contributed by atoms with van der Waals surface area (Å²) >= 11 is 5.90. The third kappa shape index (κ3) is 3.61. The maximum absolute atomic E-state index is 12.1. The molecule has 0 amide bonds. The normalized spacial score (nSPS) is 25.2. The summed E-state index contributed by atoms with van der Waals surface area (Å²) in [6, 6.07) is 0. The lowest BCUT2D eigenvalue weighted by Gasteiger charge is -2.19. The summed E-state index contributed by atoms with van der Waals surface area (Å²) in [6.07, 6.45) is -0.281. The minimum Gasteiger partial charge on any atom is -0.464 e. The zero-order valence-electron chi connectivity index (χ0n) is 15.8. The molecule has 0 bridgehead atoms. The van der Waals surface area contributed by atoms with E-state index in [1.54, 1.807) is 24.7 Å². The van der Waals surface area contributed by atoms with Crippen molar-refractivity contribution in [2.75, 3.05) is 18.9 Å². The molecule has 1 aliphatic heterocycles. The first kappa shape index (κ1) is 19.8. The predicted octanol–water partition coefficient (Wildman–Crippen LogP) is 0.859. The quantitative estimate of drug-likeness (QED) is 0.385. The van der Waals surface area contributed by atoms with Gasteiger partial charge in [-0.25, -0.2) is 14.6 Å². The van der Waals surface area contributed by atoms with Crippen molar-refractivity contribution in [3.63, 3.8) is 0 Å². The number of esters is 2. The number of hydrogen-bond acceptors (Lipinski definition) is 10. The van der Waals surface area contributed by atoms with Gasteiger partial charge >= 0.3 is 11.9 Å². The number of carbonyl (C=O) groups excluding carboxylic acids is 2. The average molecular weight is 426 g/mol. The second-order valence-electron chi connectivity index (χ2n) is 6.64. The van der Waals surface area contributed by atoms with Crippen LogP contribution in [-0.2, 0) is 28.5 Å². The zero-order chi connectivity index (χ0) is 20.7. The van der Waals surface area contributed by atoms with E-state index in [0.29, 0.717) is 17.6 Å².